The molecule has 4 aromatic rings. The summed E-state index contributed by atoms with van der Waals surface area (Å²) in [6.07, 6.45) is 3.78. The monoisotopic (exact) mass is 345 g/mol. The maximum absolute atomic E-state index is 4.40. The maximum Gasteiger partial charge on any atom is 0.191 e. The number of rotatable bonds is 4. The summed E-state index contributed by atoms with van der Waals surface area (Å²) >= 11 is 0. The summed E-state index contributed by atoms with van der Waals surface area (Å²) in [6.45, 7) is 1.19. The summed E-state index contributed by atoms with van der Waals surface area (Å²) in [5, 5.41) is 16.1. The van der Waals surface area contributed by atoms with Crippen LogP contribution >= 0.6 is 0 Å². The van der Waals surface area contributed by atoms with Gasteiger partial charge in [0.1, 0.15) is 0 Å². The van der Waals surface area contributed by atoms with E-state index >= 15 is 0 Å². The minimum Gasteiger partial charge on any atom is -0.352 e. The average Bonchev–Trinajstić information content (AvgIpc) is 3.11. The van der Waals surface area contributed by atoms with Gasteiger partial charge in [0.25, 0.3) is 0 Å². The fourth-order valence-electron chi connectivity index (χ4n) is 2.88. The van der Waals surface area contributed by atoms with E-state index in [9.17, 15) is 0 Å². The third-order valence-corrected chi connectivity index (χ3v) is 4.21. The van der Waals surface area contributed by atoms with Gasteiger partial charge in [-0.3, -0.25) is 14.4 Å². The zero-order valence-corrected chi connectivity index (χ0v) is 14.4. The van der Waals surface area contributed by atoms with Crippen LogP contribution in [0.5, 0.6) is 0 Å². The summed E-state index contributed by atoms with van der Waals surface area (Å²) in [4.78, 5) is 8.68. The first-order valence-electron chi connectivity index (χ1n) is 8.41. The lowest BCUT2D eigenvalue weighted by molar-refractivity contribution is 0.763. The van der Waals surface area contributed by atoms with Crippen molar-refractivity contribution in [2.24, 2.45) is 4.99 Å². The number of aliphatic imine (C=N–C) groups is 1. The van der Waals surface area contributed by atoms with Crippen molar-refractivity contribution in [1.29, 1.82) is 0 Å². The van der Waals surface area contributed by atoms with E-state index in [0.29, 0.717) is 19.0 Å². The first kappa shape index (κ1) is 16.0. The number of aromatic nitrogens is 4. The molecule has 0 radical (unpaired) electrons. The summed E-state index contributed by atoms with van der Waals surface area (Å²) < 4.78 is 1.96. The Labute approximate surface area is 150 Å². The number of hydrogen-bond donors (Lipinski definition) is 2. The molecule has 0 spiro atoms. The van der Waals surface area contributed by atoms with E-state index in [4.69, 9.17) is 0 Å². The molecule has 2 N–H and O–H groups in total. The molecule has 0 aliphatic carbocycles. The molecule has 3 aromatic heterocycles. The standard InChI is InChI=1S/C19H19N7/c1-20-19(23-13-18-25-24-17-8-4-5-11-26(17)18)22-12-14-9-10-21-16-7-3-2-6-15(14)16/h2-11H,12-13H2,1H3,(H2,20,22,23). The van der Waals surface area contributed by atoms with Crippen molar-refractivity contribution < 1.29 is 0 Å². The van der Waals surface area contributed by atoms with Gasteiger partial charge in [0.15, 0.2) is 17.4 Å². The van der Waals surface area contributed by atoms with E-state index in [1.165, 1.54) is 5.56 Å². The van der Waals surface area contributed by atoms with Crippen LogP contribution in [-0.2, 0) is 13.1 Å². The highest BCUT2D eigenvalue weighted by Gasteiger charge is 2.06. The van der Waals surface area contributed by atoms with Crippen molar-refractivity contribution in [1.82, 2.24) is 30.2 Å². The van der Waals surface area contributed by atoms with Gasteiger partial charge in [0, 0.05) is 31.4 Å². The molecule has 0 amide bonds. The van der Waals surface area contributed by atoms with E-state index in [1.807, 2.05) is 59.3 Å². The molecule has 0 unspecified atom stereocenters. The van der Waals surface area contributed by atoms with Crippen LogP contribution in [0.2, 0.25) is 0 Å². The highest BCUT2D eigenvalue weighted by Crippen LogP contribution is 2.15. The molecule has 7 nitrogen and oxygen atoms in total. The molecule has 4 rings (SSSR count). The Morgan fingerprint density at radius 1 is 1.00 bits per heavy atom. The number of guanidine groups is 1. The van der Waals surface area contributed by atoms with Crippen molar-refractivity contribution in [3.63, 3.8) is 0 Å². The smallest absolute Gasteiger partial charge is 0.191 e. The lowest BCUT2D eigenvalue weighted by atomic mass is 10.1. The predicted molar refractivity (Wildman–Crippen MR) is 102 cm³/mol. The molecule has 7 heteroatoms. The lowest BCUT2D eigenvalue weighted by Crippen LogP contribution is -2.36. The number of nitrogens with one attached hydrogen (secondary N) is 2. The van der Waals surface area contributed by atoms with E-state index in [1.54, 1.807) is 7.05 Å². The largest absolute Gasteiger partial charge is 0.352 e. The summed E-state index contributed by atoms with van der Waals surface area (Å²) in [6, 6.07) is 16.0. The second-order valence-corrected chi connectivity index (χ2v) is 5.81. The Morgan fingerprint density at radius 3 is 2.77 bits per heavy atom. The average molecular weight is 345 g/mol. The van der Waals surface area contributed by atoms with Gasteiger partial charge in [-0.1, -0.05) is 24.3 Å². The molecule has 26 heavy (non-hydrogen) atoms. The highest BCUT2D eigenvalue weighted by molar-refractivity contribution is 5.83. The van der Waals surface area contributed by atoms with Gasteiger partial charge in [0.05, 0.1) is 12.1 Å². The number of nitrogens with zero attached hydrogens (tertiary/aromatic N) is 5. The summed E-state index contributed by atoms with van der Waals surface area (Å²) in [5.41, 5.74) is 2.99. The fraction of sp³-hybridized carbons (Fsp3) is 0.158. The molecule has 0 aliphatic heterocycles. The van der Waals surface area contributed by atoms with Crippen LogP contribution in [0.4, 0.5) is 0 Å². The number of pyridine rings is 2. The Hall–Kier alpha value is -3.48. The Morgan fingerprint density at radius 2 is 1.85 bits per heavy atom. The Bertz CT molecular complexity index is 1060. The van der Waals surface area contributed by atoms with Gasteiger partial charge >= 0.3 is 0 Å². The van der Waals surface area contributed by atoms with Gasteiger partial charge in [-0.2, -0.15) is 0 Å². The molecule has 130 valence electrons. The molecule has 0 fully saturated rings. The molecule has 0 aliphatic rings. The third kappa shape index (κ3) is 3.19. The van der Waals surface area contributed by atoms with Crippen LogP contribution < -0.4 is 10.6 Å². The van der Waals surface area contributed by atoms with E-state index in [0.717, 1.165) is 22.4 Å². The fourth-order valence-corrected chi connectivity index (χ4v) is 2.88. The van der Waals surface area contributed by atoms with E-state index < -0.39 is 0 Å². The second-order valence-electron chi connectivity index (χ2n) is 5.81. The van der Waals surface area contributed by atoms with Crippen LogP contribution in [0.1, 0.15) is 11.4 Å². The summed E-state index contributed by atoms with van der Waals surface area (Å²) in [5.74, 6) is 1.54. The summed E-state index contributed by atoms with van der Waals surface area (Å²) in [7, 11) is 1.75. The van der Waals surface area contributed by atoms with Gasteiger partial charge in [-0.25, -0.2) is 0 Å². The zero-order chi connectivity index (χ0) is 17.8. The number of hydrogen-bond acceptors (Lipinski definition) is 4. The number of fused-ring (bicyclic) bond motifs is 2. The van der Waals surface area contributed by atoms with Crippen LogP contribution in [0.3, 0.4) is 0 Å². The first-order valence-corrected chi connectivity index (χ1v) is 8.41. The molecule has 0 atom stereocenters. The molecule has 3 heterocycles. The van der Waals surface area contributed by atoms with Crippen molar-refractivity contribution >= 4 is 22.5 Å². The van der Waals surface area contributed by atoms with Gasteiger partial charge < -0.3 is 10.6 Å². The topological polar surface area (TPSA) is 79.5 Å². The number of benzene rings is 1. The molecule has 0 saturated heterocycles. The third-order valence-electron chi connectivity index (χ3n) is 4.21. The van der Waals surface area contributed by atoms with Gasteiger partial charge in [-0.05, 0) is 29.8 Å². The van der Waals surface area contributed by atoms with Crippen LogP contribution in [0.15, 0.2) is 65.9 Å². The van der Waals surface area contributed by atoms with E-state index in [2.05, 4.69) is 36.9 Å². The SMILES string of the molecule is CN=C(NCc1ccnc2ccccc12)NCc1nnc2ccccn12. The quantitative estimate of drug-likeness (QED) is 0.438. The molecule has 1 aromatic carbocycles. The van der Waals surface area contributed by atoms with Crippen LogP contribution in [0.25, 0.3) is 16.6 Å². The minimum absolute atomic E-state index is 0.530. The highest BCUT2D eigenvalue weighted by atomic mass is 15.3. The minimum atomic E-state index is 0.530. The van der Waals surface area contributed by atoms with Crippen molar-refractivity contribution in [2.75, 3.05) is 7.05 Å². The Balaban J connectivity index is 1.43. The number of para-hydroxylation sites is 1. The Kier molecular flexibility index (Phi) is 4.42. The van der Waals surface area contributed by atoms with Crippen LogP contribution in [0, 0.1) is 0 Å². The molecular formula is C19H19N7. The molecule has 0 saturated carbocycles. The van der Waals surface area contributed by atoms with Crippen molar-refractivity contribution in [3.8, 4) is 0 Å². The van der Waals surface area contributed by atoms with Gasteiger partial charge in [0.2, 0.25) is 0 Å². The molecular weight excluding hydrogens is 326 g/mol. The maximum atomic E-state index is 4.40. The van der Waals surface area contributed by atoms with E-state index in [-0.39, 0.29) is 0 Å². The zero-order valence-electron chi connectivity index (χ0n) is 14.4. The van der Waals surface area contributed by atoms with Crippen molar-refractivity contribution in [2.45, 2.75) is 13.1 Å². The second kappa shape index (κ2) is 7.18. The lowest BCUT2D eigenvalue weighted by Gasteiger charge is -2.12. The van der Waals surface area contributed by atoms with Crippen LogP contribution in [-0.4, -0.2) is 32.6 Å². The normalized spacial score (nSPS) is 11.8. The predicted octanol–water partition coefficient (Wildman–Crippen LogP) is 2.14. The molecule has 0 bridgehead atoms. The van der Waals surface area contributed by atoms with Crippen molar-refractivity contribution in [3.05, 3.63) is 72.3 Å². The first-order chi connectivity index (χ1) is 12.8. The van der Waals surface area contributed by atoms with Gasteiger partial charge in [-0.15, -0.1) is 10.2 Å².